The number of carbonyl (C=O) groups excluding carboxylic acids is 4. The normalized spacial score (nSPS) is 22.1. The standard InChI is InChI=1S/C23H31N3O6/c1-5-24-22(30)32-18-17(21(29)31-6-2)23(25(4)20(18)28)11-13-26(14-12-23)19(27)16-9-7-15(3)8-10-16/h7-10,17-18H,5-6,11-14H2,1-4H3,(H,24,30)/t17-,18+/m0/s1. The maximum atomic E-state index is 13.0. The van der Waals surface area contributed by atoms with Crippen LogP contribution in [0.5, 0.6) is 0 Å². The van der Waals surface area contributed by atoms with Gasteiger partial charge in [-0.2, -0.15) is 0 Å². The number of aryl methyl sites for hydroxylation is 1. The molecule has 1 N–H and O–H groups in total. The summed E-state index contributed by atoms with van der Waals surface area (Å²) in [7, 11) is 1.62. The Bertz CT molecular complexity index is 876. The number of ether oxygens (including phenoxy) is 2. The number of nitrogens with zero attached hydrogens (tertiary/aromatic N) is 2. The highest BCUT2D eigenvalue weighted by Crippen LogP contribution is 2.44. The molecular formula is C23H31N3O6. The Morgan fingerprint density at radius 1 is 1.12 bits per heavy atom. The van der Waals surface area contributed by atoms with Gasteiger partial charge in [-0.1, -0.05) is 17.7 Å². The summed E-state index contributed by atoms with van der Waals surface area (Å²) in [4.78, 5) is 54.2. The molecular weight excluding hydrogens is 414 g/mol. The molecule has 9 heteroatoms. The Kier molecular flexibility index (Phi) is 7.06. The van der Waals surface area contributed by atoms with Crippen LogP contribution >= 0.6 is 0 Å². The van der Waals surface area contributed by atoms with Crippen molar-refractivity contribution in [1.82, 2.24) is 15.1 Å². The van der Waals surface area contributed by atoms with Gasteiger partial charge in [0.2, 0.25) is 0 Å². The zero-order valence-electron chi connectivity index (χ0n) is 19.1. The molecule has 0 aliphatic carbocycles. The van der Waals surface area contributed by atoms with Crippen molar-refractivity contribution in [2.75, 3.05) is 33.3 Å². The summed E-state index contributed by atoms with van der Waals surface area (Å²) in [6, 6.07) is 7.38. The minimum absolute atomic E-state index is 0.0883. The largest absolute Gasteiger partial charge is 0.466 e. The molecule has 174 valence electrons. The SMILES string of the molecule is CCNC(=O)O[C@H]1C(=O)N(C)C2(CCN(C(=O)c3ccc(C)cc3)CC2)[C@@H]1C(=O)OCC. The van der Waals surface area contributed by atoms with Crippen LogP contribution in [-0.4, -0.2) is 78.6 Å². The van der Waals surface area contributed by atoms with E-state index in [9.17, 15) is 19.2 Å². The number of hydrogen-bond donors (Lipinski definition) is 1. The van der Waals surface area contributed by atoms with Gasteiger partial charge in [0.15, 0.2) is 6.10 Å². The maximum absolute atomic E-state index is 13.0. The van der Waals surface area contributed by atoms with Crippen molar-refractivity contribution in [1.29, 1.82) is 0 Å². The van der Waals surface area contributed by atoms with Crippen molar-refractivity contribution >= 4 is 23.9 Å². The third-order valence-electron chi connectivity index (χ3n) is 6.43. The van der Waals surface area contributed by atoms with E-state index in [-0.39, 0.29) is 12.5 Å². The fourth-order valence-corrected chi connectivity index (χ4v) is 4.66. The van der Waals surface area contributed by atoms with Gasteiger partial charge in [-0.15, -0.1) is 0 Å². The van der Waals surface area contributed by atoms with Crippen LogP contribution in [0.4, 0.5) is 4.79 Å². The molecule has 2 fully saturated rings. The average molecular weight is 446 g/mol. The van der Waals surface area contributed by atoms with Crippen LogP contribution < -0.4 is 5.32 Å². The first-order valence-corrected chi connectivity index (χ1v) is 11.0. The number of nitrogens with one attached hydrogen (secondary N) is 1. The Balaban J connectivity index is 1.83. The molecule has 2 saturated heterocycles. The summed E-state index contributed by atoms with van der Waals surface area (Å²) in [5, 5.41) is 2.50. The predicted octanol–water partition coefficient (Wildman–Crippen LogP) is 1.74. The molecule has 0 aromatic heterocycles. The first-order chi connectivity index (χ1) is 15.2. The van der Waals surface area contributed by atoms with E-state index in [1.165, 1.54) is 4.90 Å². The van der Waals surface area contributed by atoms with Gasteiger partial charge in [-0.3, -0.25) is 14.4 Å². The van der Waals surface area contributed by atoms with Crippen LogP contribution in [0.3, 0.4) is 0 Å². The number of hydrogen-bond acceptors (Lipinski definition) is 6. The zero-order chi connectivity index (χ0) is 23.5. The summed E-state index contributed by atoms with van der Waals surface area (Å²) < 4.78 is 10.6. The molecule has 2 aliphatic heterocycles. The maximum Gasteiger partial charge on any atom is 0.407 e. The van der Waals surface area contributed by atoms with Gasteiger partial charge < -0.3 is 24.6 Å². The number of benzene rings is 1. The molecule has 2 heterocycles. The number of likely N-dealkylation sites (N-methyl/N-ethyl adjacent to an activating group) is 1. The molecule has 1 aromatic rings. The Hall–Kier alpha value is -3.10. The first-order valence-electron chi connectivity index (χ1n) is 11.0. The Morgan fingerprint density at radius 2 is 1.75 bits per heavy atom. The van der Waals surface area contributed by atoms with Crippen LogP contribution in [0.2, 0.25) is 0 Å². The lowest BCUT2D eigenvalue weighted by atomic mass is 9.76. The van der Waals surface area contributed by atoms with Crippen molar-refractivity contribution in [2.24, 2.45) is 5.92 Å². The van der Waals surface area contributed by atoms with Crippen molar-refractivity contribution in [3.8, 4) is 0 Å². The van der Waals surface area contributed by atoms with Crippen LogP contribution in [0.25, 0.3) is 0 Å². The van der Waals surface area contributed by atoms with Crippen molar-refractivity contribution < 1.29 is 28.7 Å². The molecule has 2 aliphatic rings. The predicted molar refractivity (Wildman–Crippen MR) is 116 cm³/mol. The van der Waals surface area contributed by atoms with Crippen LogP contribution in [-0.2, 0) is 19.1 Å². The van der Waals surface area contributed by atoms with E-state index in [2.05, 4.69) is 5.32 Å². The molecule has 32 heavy (non-hydrogen) atoms. The van der Waals surface area contributed by atoms with E-state index in [0.717, 1.165) is 5.56 Å². The molecule has 3 rings (SSSR count). The molecule has 0 saturated carbocycles. The van der Waals surface area contributed by atoms with Crippen molar-refractivity contribution in [3.05, 3.63) is 35.4 Å². The number of piperidine rings is 1. The van der Waals surface area contributed by atoms with Gasteiger partial charge in [-0.05, 0) is 45.7 Å². The van der Waals surface area contributed by atoms with E-state index < -0.39 is 35.5 Å². The second kappa shape index (κ2) is 9.58. The van der Waals surface area contributed by atoms with Crippen LogP contribution in [0.1, 0.15) is 42.6 Å². The molecule has 0 unspecified atom stereocenters. The summed E-state index contributed by atoms with van der Waals surface area (Å²) in [5.41, 5.74) is 0.785. The molecule has 2 atom stereocenters. The number of likely N-dealkylation sites (tertiary alicyclic amines) is 2. The van der Waals surface area contributed by atoms with Crippen molar-refractivity contribution in [2.45, 2.75) is 45.3 Å². The van der Waals surface area contributed by atoms with E-state index in [4.69, 9.17) is 9.47 Å². The highest BCUT2D eigenvalue weighted by molar-refractivity contribution is 5.96. The number of esters is 1. The van der Waals surface area contributed by atoms with Gasteiger partial charge >= 0.3 is 12.1 Å². The monoisotopic (exact) mass is 445 g/mol. The van der Waals surface area contributed by atoms with E-state index in [1.807, 2.05) is 19.1 Å². The van der Waals surface area contributed by atoms with Crippen LogP contribution in [0, 0.1) is 12.8 Å². The molecule has 9 nitrogen and oxygen atoms in total. The van der Waals surface area contributed by atoms with Gasteiger partial charge in [0.05, 0.1) is 12.1 Å². The average Bonchev–Trinajstić information content (AvgIpc) is 2.96. The second-order valence-electron chi connectivity index (χ2n) is 8.25. The second-order valence-corrected chi connectivity index (χ2v) is 8.25. The fourth-order valence-electron chi connectivity index (χ4n) is 4.66. The Morgan fingerprint density at radius 3 is 2.31 bits per heavy atom. The third kappa shape index (κ3) is 4.28. The van der Waals surface area contributed by atoms with Gasteiger partial charge in [0, 0.05) is 32.2 Å². The Labute approximate surface area is 188 Å². The highest BCUT2D eigenvalue weighted by atomic mass is 16.6. The van der Waals surface area contributed by atoms with Crippen LogP contribution in [0.15, 0.2) is 24.3 Å². The number of carbonyl (C=O) groups is 4. The highest BCUT2D eigenvalue weighted by Gasteiger charge is 2.63. The smallest absolute Gasteiger partial charge is 0.407 e. The zero-order valence-corrected chi connectivity index (χ0v) is 19.1. The molecule has 1 aromatic carbocycles. The molecule has 3 amide bonds. The lowest BCUT2D eigenvalue weighted by molar-refractivity contribution is -0.156. The summed E-state index contributed by atoms with van der Waals surface area (Å²) >= 11 is 0. The topological polar surface area (TPSA) is 105 Å². The van der Waals surface area contributed by atoms with Gasteiger partial charge in [0.25, 0.3) is 11.8 Å². The summed E-state index contributed by atoms with van der Waals surface area (Å²) in [5.74, 6) is -2.06. The first kappa shape index (κ1) is 23.6. The lowest BCUT2D eigenvalue weighted by Crippen LogP contribution is -2.57. The van der Waals surface area contributed by atoms with E-state index in [1.54, 1.807) is 37.9 Å². The van der Waals surface area contributed by atoms with E-state index in [0.29, 0.717) is 38.0 Å². The number of amides is 3. The third-order valence-corrected chi connectivity index (χ3v) is 6.43. The number of alkyl carbamates (subject to hydrolysis) is 1. The lowest BCUT2D eigenvalue weighted by Gasteiger charge is -2.45. The van der Waals surface area contributed by atoms with Gasteiger partial charge in [-0.25, -0.2) is 4.79 Å². The fraction of sp³-hybridized carbons (Fsp3) is 0.565. The molecule has 0 bridgehead atoms. The van der Waals surface area contributed by atoms with Gasteiger partial charge in [0.1, 0.15) is 5.92 Å². The minimum Gasteiger partial charge on any atom is -0.466 e. The number of rotatable bonds is 5. The summed E-state index contributed by atoms with van der Waals surface area (Å²) in [6.45, 7) is 6.60. The van der Waals surface area contributed by atoms with E-state index >= 15 is 0 Å². The summed E-state index contributed by atoms with van der Waals surface area (Å²) in [6.07, 6.45) is -1.25. The quantitative estimate of drug-likeness (QED) is 0.692. The molecule has 0 radical (unpaired) electrons. The van der Waals surface area contributed by atoms with Crippen molar-refractivity contribution in [3.63, 3.8) is 0 Å². The molecule has 1 spiro atoms. The minimum atomic E-state index is -1.26.